The van der Waals surface area contributed by atoms with Crippen LogP contribution in [-0.4, -0.2) is 50.1 Å². The lowest BCUT2D eigenvalue weighted by Crippen LogP contribution is -2.46. The molecule has 1 aromatic carbocycles. The lowest BCUT2D eigenvalue weighted by Gasteiger charge is -2.36. The number of aliphatic hydroxyl groups excluding tert-OH is 1. The quantitative estimate of drug-likeness (QED) is 0.934. The Morgan fingerprint density at radius 3 is 2.78 bits per heavy atom. The molecule has 1 saturated heterocycles. The number of halogens is 1. The van der Waals surface area contributed by atoms with Crippen LogP contribution in [0.3, 0.4) is 0 Å². The van der Waals surface area contributed by atoms with Gasteiger partial charge in [0.05, 0.1) is 11.9 Å². The maximum absolute atomic E-state index is 13.0. The zero-order valence-corrected chi connectivity index (χ0v) is 12.9. The third-order valence-corrected chi connectivity index (χ3v) is 4.27. The molecule has 1 N–H and O–H groups in total. The van der Waals surface area contributed by atoms with Crippen LogP contribution in [0.4, 0.5) is 4.39 Å². The Labute approximate surface area is 133 Å². The summed E-state index contributed by atoms with van der Waals surface area (Å²) in [5, 5.41) is 17.6. The van der Waals surface area contributed by atoms with Crippen LogP contribution in [0.1, 0.15) is 30.3 Å². The molecule has 2 heterocycles. The van der Waals surface area contributed by atoms with E-state index in [4.69, 9.17) is 0 Å². The van der Waals surface area contributed by atoms with E-state index >= 15 is 0 Å². The summed E-state index contributed by atoms with van der Waals surface area (Å²) in [6.45, 7) is 2.61. The Hall–Kier alpha value is -2.28. The van der Waals surface area contributed by atoms with Crippen molar-refractivity contribution in [1.29, 1.82) is 0 Å². The zero-order valence-electron chi connectivity index (χ0n) is 12.9. The number of amides is 1. The summed E-state index contributed by atoms with van der Waals surface area (Å²) in [5.74, 6) is -0.416. The molecular weight excluding hydrogens is 299 g/mol. The van der Waals surface area contributed by atoms with Gasteiger partial charge < -0.3 is 10.0 Å². The van der Waals surface area contributed by atoms with Crippen molar-refractivity contribution in [3.8, 4) is 5.69 Å². The minimum atomic E-state index is -0.339. The van der Waals surface area contributed by atoms with Crippen molar-refractivity contribution >= 4 is 5.91 Å². The van der Waals surface area contributed by atoms with Crippen molar-refractivity contribution < 1.29 is 14.3 Å². The van der Waals surface area contributed by atoms with Gasteiger partial charge in [-0.1, -0.05) is 0 Å². The molecule has 1 amide bonds. The highest BCUT2D eigenvalue weighted by Crippen LogP contribution is 2.23. The molecule has 2 aromatic rings. The van der Waals surface area contributed by atoms with Gasteiger partial charge in [-0.05, 0) is 49.9 Å². The van der Waals surface area contributed by atoms with Gasteiger partial charge in [-0.25, -0.2) is 4.39 Å². The fourth-order valence-corrected chi connectivity index (χ4v) is 2.82. The standard InChI is InChI=1S/C16H19FN4O2/c1-11-2-3-12(10-22)9-20(11)16(23)15-8-18-21(19-15)14-6-4-13(17)5-7-14/h4-8,11-12,22H,2-3,9-10H2,1H3. The number of rotatable bonds is 3. The number of carbonyl (C=O) groups excluding carboxylic acids is 1. The summed E-state index contributed by atoms with van der Waals surface area (Å²) in [5.41, 5.74) is 0.838. The monoisotopic (exact) mass is 318 g/mol. The van der Waals surface area contributed by atoms with E-state index in [1.165, 1.54) is 23.1 Å². The third-order valence-electron chi connectivity index (χ3n) is 4.27. The van der Waals surface area contributed by atoms with Crippen LogP contribution in [0.5, 0.6) is 0 Å². The van der Waals surface area contributed by atoms with E-state index in [-0.39, 0.29) is 36.0 Å². The SMILES string of the molecule is CC1CCC(CO)CN1C(=O)c1cnn(-c2ccc(F)cc2)n1. The van der Waals surface area contributed by atoms with Crippen LogP contribution >= 0.6 is 0 Å². The second kappa shape index (κ2) is 6.45. The van der Waals surface area contributed by atoms with Crippen LogP contribution in [0.25, 0.3) is 5.69 Å². The lowest BCUT2D eigenvalue weighted by molar-refractivity contribution is 0.0483. The minimum Gasteiger partial charge on any atom is -0.396 e. The number of carbonyl (C=O) groups is 1. The van der Waals surface area contributed by atoms with Crippen LogP contribution in [0, 0.1) is 11.7 Å². The van der Waals surface area contributed by atoms with Crippen LogP contribution < -0.4 is 0 Å². The van der Waals surface area contributed by atoms with Crippen LogP contribution in [0.15, 0.2) is 30.5 Å². The molecule has 6 nitrogen and oxygen atoms in total. The Balaban J connectivity index is 1.79. The van der Waals surface area contributed by atoms with Gasteiger partial charge in [-0.2, -0.15) is 9.90 Å². The molecule has 0 radical (unpaired) electrons. The van der Waals surface area contributed by atoms with Crippen molar-refractivity contribution in [3.63, 3.8) is 0 Å². The molecule has 2 atom stereocenters. The Morgan fingerprint density at radius 1 is 1.35 bits per heavy atom. The fourth-order valence-electron chi connectivity index (χ4n) is 2.82. The Kier molecular flexibility index (Phi) is 4.38. The van der Waals surface area contributed by atoms with Gasteiger partial charge in [0.15, 0.2) is 5.69 Å². The molecule has 0 spiro atoms. The highest BCUT2D eigenvalue weighted by atomic mass is 19.1. The topological polar surface area (TPSA) is 71.2 Å². The molecule has 1 aliphatic heterocycles. The highest BCUT2D eigenvalue weighted by Gasteiger charge is 2.30. The summed E-state index contributed by atoms with van der Waals surface area (Å²) < 4.78 is 13.0. The Morgan fingerprint density at radius 2 is 2.09 bits per heavy atom. The van der Waals surface area contributed by atoms with Crippen LogP contribution in [-0.2, 0) is 0 Å². The average molecular weight is 318 g/mol. The number of likely N-dealkylation sites (tertiary alicyclic amines) is 1. The third kappa shape index (κ3) is 3.24. The van der Waals surface area contributed by atoms with Gasteiger partial charge in [0.2, 0.25) is 0 Å². The number of aliphatic hydroxyl groups is 1. The molecule has 0 aliphatic carbocycles. The van der Waals surface area contributed by atoms with E-state index in [2.05, 4.69) is 10.2 Å². The van der Waals surface area contributed by atoms with E-state index in [1.807, 2.05) is 6.92 Å². The van der Waals surface area contributed by atoms with E-state index in [1.54, 1.807) is 17.0 Å². The molecule has 122 valence electrons. The molecule has 1 fully saturated rings. The normalized spacial score (nSPS) is 21.4. The predicted molar refractivity (Wildman–Crippen MR) is 81.6 cm³/mol. The Bertz CT molecular complexity index is 686. The number of piperidine rings is 1. The summed E-state index contributed by atoms with van der Waals surface area (Å²) in [4.78, 5) is 15.7. The fraction of sp³-hybridized carbons (Fsp3) is 0.438. The molecule has 0 bridgehead atoms. The first-order chi connectivity index (χ1) is 11.1. The first-order valence-electron chi connectivity index (χ1n) is 7.68. The van der Waals surface area contributed by atoms with E-state index in [0.29, 0.717) is 12.2 Å². The van der Waals surface area contributed by atoms with Crippen molar-refractivity contribution in [2.45, 2.75) is 25.8 Å². The second-order valence-corrected chi connectivity index (χ2v) is 5.93. The van der Waals surface area contributed by atoms with Gasteiger partial charge in [-0.15, -0.1) is 5.10 Å². The number of nitrogens with zero attached hydrogens (tertiary/aromatic N) is 4. The van der Waals surface area contributed by atoms with Gasteiger partial charge >= 0.3 is 0 Å². The molecule has 1 aliphatic rings. The van der Waals surface area contributed by atoms with Gasteiger partial charge in [0, 0.05) is 19.2 Å². The smallest absolute Gasteiger partial charge is 0.276 e. The second-order valence-electron chi connectivity index (χ2n) is 5.93. The number of benzene rings is 1. The number of hydrogen-bond acceptors (Lipinski definition) is 4. The molecule has 7 heteroatoms. The van der Waals surface area contributed by atoms with Crippen molar-refractivity contribution in [1.82, 2.24) is 19.9 Å². The van der Waals surface area contributed by atoms with Gasteiger partial charge in [0.25, 0.3) is 5.91 Å². The van der Waals surface area contributed by atoms with Crippen molar-refractivity contribution in [2.75, 3.05) is 13.2 Å². The largest absolute Gasteiger partial charge is 0.396 e. The maximum atomic E-state index is 13.0. The molecular formula is C16H19FN4O2. The molecule has 1 aromatic heterocycles. The summed E-state index contributed by atoms with van der Waals surface area (Å²) in [6.07, 6.45) is 3.20. The van der Waals surface area contributed by atoms with Crippen molar-refractivity contribution in [3.05, 3.63) is 42.0 Å². The number of hydrogen-bond donors (Lipinski definition) is 1. The van der Waals surface area contributed by atoms with Crippen molar-refractivity contribution in [2.24, 2.45) is 5.92 Å². The zero-order chi connectivity index (χ0) is 16.4. The predicted octanol–water partition coefficient (Wildman–Crippen LogP) is 1.64. The first kappa shape index (κ1) is 15.6. The summed E-state index contributed by atoms with van der Waals surface area (Å²) in [7, 11) is 0. The highest BCUT2D eigenvalue weighted by molar-refractivity contribution is 5.92. The van der Waals surface area contributed by atoms with E-state index < -0.39 is 0 Å². The minimum absolute atomic E-state index is 0.0821. The molecule has 3 rings (SSSR count). The molecule has 2 unspecified atom stereocenters. The maximum Gasteiger partial charge on any atom is 0.276 e. The first-order valence-corrected chi connectivity index (χ1v) is 7.68. The lowest BCUT2D eigenvalue weighted by atomic mass is 9.94. The van der Waals surface area contributed by atoms with Gasteiger partial charge in [0.1, 0.15) is 5.82 Å². The van der Waals surface area contributed by atoms with E-state index in [9.17, 15) is 14.3 Å². The molecule has 0 saturated carbocycles. The molecule has 23 heavy (non-hydrogen) atoms. The van der Waals surface area contributed by atoms with E-state index in [0.717, 1.165) is 12.8 Å². The summed E-state index contributed by atoms with van der Waals surface area (Å²) >= 11 is 0. The van der Waals surface area contributed by atoms with Gasteiger partial charge in [-0.3, -0.25) is 4.79 Å². The summed E-state index contributed by atoms with van der Waals surface area (Å²) in [6, 6.07) is 5.85. The average Bonchev–Trinajstić information content (AvgIpc) is 3.05. The van der Waals surface area contributed by atoms with Crippen LogP contribution in [0.2, 0.25) is 0 Å². The number of aromatic nitrogens is 3.